The molecule has 1 rings (SSSR count). The van der Waals surface area contributed by atoms with Crippen LogP contribution >= 0.6 is 0 Å². The van der Waals surface area contributed by atoms with Gasteiger partial charge in [-0.2, -0.15) is 0 Å². The van der Waals surface area contributed by atoms with Gasteiger partial charge in [0.15, 0.2) is 0 Å². The lowest BCUT2D eigenvalue weighted by molar-refractivity contribution is 0.0452. The highest BCUT2D eigenvalue weighted by molar-refractivity contribution is 5.87. The number of carboxylic acid groups (broad SMARTS) is 1. The zero-order valence-electron chi connectivity index (χ0n) is 9.61. The van der Waals surface area contributed by atoms with Crippen LogP contribution in [-0.2, 0) is 16.1 Å². The van der Waals surface area contributed by atoms with E-state index in [1.54, 1.807) is 0 Å². The summed E-state index contributed by atoms with van der Waals surface area (Å²) in [5, 5.41) is 8.64. The van der Waals surface area contributed by atoms with Gasteiger partial charge >= 0.3 is 5.97 Å². The average Bonchev–Trinajstić information content (AvgIpc) is 2.28. The summed E-state index contributed by atoms with van der Waals surface area (Å²) >= 11 is 0. The molecule has 0 fully saturated rings. The van der Waals surface area contributed by atoms with E-state index in [9.17, 15) is 9.18 Å². The Kier molecular flexibility index (Phi) is 5.59. The SMILES string of the molecule is CCOCCOCc1ccc(C(=O)O)c(F)c1. The quantitative estimate of drug-likeness (QED) is 0.744. The summed E-state index contributed by atoms with van der Waals surface area (Å²) in [7, 11) is 0. The lowest BCUT2D eigenvalue weighted by atomic mass is 10.1. The summed E-state index contributed by atoms with van der Waals surface area (Å²) in [6, 6.07) is 3.94. The van der Waals surface area contributed by atoms with Crippen LogP contribution in [0.25, 0.3) is 0 Å². The monoisotopic (exact) mass is 242 g/mol. The molecule has 0 bridgehead atoms. The molecule has 0 spiro atoms. The first-order valence-electron chi connectivity index (χ1n) is 5.32. The van der Waals surface area contributed by atoms with Gasteiger partial charge in [0.1, 0.15) is 5.82 Å². The maximum Gasteiger partial charge on any atom is 0.338 e. The maximum absolute atomic E-state index is 13.3. The van der Waals surface area contributed by atoms with Gasteiger partial charge in [0.05, 0.1) is 25.4 Å². The standard InChI is InChI=1S/C12H15FO4/c1-2-16-5-6-17-8-9-3-4-10(12(14)15)11(13)7-9/h3-4,7H,2,5-6,8H2,1H3,(H,14,15). The Morgan fingerprint density at radius 1 is 1.35 bits per heavy atom. The fourth-order valence-electron chi connectivity index (χ4n) is 1.27. The van der Waals surface area contributed by atoms with Gasteiger partial charge in [0.2, 0.25) is 0 Å². The highest BCUT2D eigenvalue weighted by atomic mass is 19.1. The molecule has 1 aromatic carbocycles. The van der Waals surface area contributed by atoms with Crippen LogP contribution in [0.2, 0.25) is 0 Å². The number of carbonyl (C=O) groups is 1. The first-order chi connectivity index (χ1) is 8.15. The van der Waals surface area contributed by atoms with E-state index in [-0.39, 0.29) is 12.2 Å². The number of benzene rings is 1. The summed E-state index contributed by atoms with van der Waals surface area (Å²) in [5.41, 5.74) is 0.270. The molecule has 0 amide bonds. The van der Waals surface area contributed by atoms with Crippen molar-refractivity contribution in [2.75, 3.05) is 19.8 Å². The van der Waals surface area contributed by atoms with E-state index in [1.165, 1.54) is 18.2 Å². The predicted molar refractivity (Wildman–Crippen MR) is 59.5 cm³/mol. The molecule has 0 aliphatic heterocycles. The molecular weight excluding hydrogens is 227 g/mol. The summed E-state index contributed by atoms with van der Waals surface area (Å²) in [6.45, 7) is 3.68. The van der Waals surface area contributed by atoms with E-state index >= 15 is 0 Å². The van der Waals surface area contributed by atoms with Crippen molar-refractivity contribution in [1.82, 2.24) is 0 Å². The van der Waals surface area contributed by atoms with E-state index in [4.69, 9.17) is 14.6 Å². The Bertz CT molecular complexity index is 379. The fraction of sp³-hybridized carbons (Fsp3) is 0.417. The van der Waals surface area contributed by atoms with Crippen LogP contribution in [0, 0.1) is 5.82 Å². The smallest absolute Gasteiger partial charge is 0.338 e. The van der Waals surface area contributed by atoms with Crippen molar-refractivity contribution in [3.05, 3.63) is 35.1 Å². The molecule has 0 aliphatic carbocycles. The number of hydrogen-bond acceptors (Lipinski definition) is 3. The van der Waals surface area contributed by atoms with Crippen LogP contribution in [0.5, 0.6) is 0 Å². The number of hydrogen-bond donors (Lipinski definition) is 1. The Morgan fingerprint density at radius 2 is 2.06 bits per heavy atom. The summed E-state index contributed by atoms with van der Waals surface area (Å²) in [6.07, 6.45) is 0. The van der Waals surface area contributed by atoms with Crippen LogP contribution in [0.15, 0.2) is 18.2 Å². The molecular formula is C12H15FO4. The van der Waals surface area contributed by atoms with E-state index in [0.717, 1.165) is 0 Å². The van der Waals surface area contributed by atoms with Crippen molar-refractivity contribution >= 4 is 5.97 Å². The first-order valence-corrected chi connectivity index (χ1v) is 5.32. The first kappa shape index (κ1) is 13.6. The van der Waals surface area contributed by atoms with Crippen molar-refractivity contribution in [3.8, 4) is 0 Å². The summed E-state index contributed by atoms with van der Waals surface area (Å²) in [4.78, 5) is 10.6. The van der Waals surface area contributed by atoms with Gasteiger partial charge in [0.25, 0.3) is 0 Å². The molecule has 17 heavy (non-hydrogen) atoms. The Morgan fingerprint density at radius 3 is 2.65 bits per heavy atom. The fourth-order valence-corrected chi connectivity index (χ4v) is 1.27. The average molecular weight is 242 g/mol. The van der Waals surface area contributed by atoms with Crippen molar-refractivity contribution in [3.63, 3.8) is 0 Å². The predicted octanol–water partition coefficient (Wildman–Crippen LogP) is 2.08. The second kappa shape index (κ2) is 6.98. The minimum Gasteiger partial charge on any atom is -0.478 e. The third kappa shape index (κ3) is 4.50. The van der Waals surface area contributed by atoms with Crippen LogP contribution in [-0.4, -0.2) is 30.9 Å². The van der Waals surface area contributed by atoms with Crippen LogP contribution < -0.4 is 0 Å². The lowest BCUT2D eigenvalue weighted by Gasteiger charge is -2.05. The Hall–Kier alpha value is -1.46. The Labute approximate surface area is 99.0 Å². The largest absolute Gasteiger partial charge is 0.478 e. The molecule has 0 aromatic heterocycles. The van der Waals surface area contributed by atoms with Gasteiger partial charge in [-0.05, 0) is 24.6 Å². The number of aromatic carboxylic acids is 1. The molecule has 0 saturated carbocycles. The molecule has 0 heterocycles. The second-order valence-corrected chi connectivity index (χ2v) is 3.37. The summed E-state index contributed by atoms with van der Waals surface area (Å²) in [5.74, 6) is -2.02. The van der Waals surface area contributed by atoms with E-state index in [2.05, 4.69) is 0 Å². The van der Waals surface area contributed by atoms with E-state index in [1.807, 2.05) is 6.92 Å². The topological polar surface area (TPSA) is 55.8 Å². The molecule has 5 heteroatoms. The van der Waals surface area contributed by atoms with Gasteiger partial charge in [0, 0.05) is 6.61 Å². The van der Waals surface area contributed by atoms with Gasteiger partial charge in [-0.25, -0.2) is 9.18 Å². The minimum atomic E-state index is -1.27. The molecule has 1 N–H and O–H groups in total. The molecule has 0 atom stereocenters. The van der Waals surface area contributed by atoms with Crippen molar-refractivity contribution in [2.45, 2.75) is 13.5 Å². The Balaban J connectivity index is 2.45. The molecule has 1 aromatic rings. The molecule has 0 radical (unpaired) electrons. The third-order valence-corrected chi connectivity index (χ3v) is 2.11. The molecule has 94 valence electrons. The molecule has 0 saturated heterocycles. The second-order valence-electron chi connectivity index (χ2n) is 3.37. The van der Waals surface area contributed by atoms with Crippen molar-refractivity contribution in [1.29, 1.82) is 0 Å². The van der Waals surface area contributed by atoms with Crippen LogP contribution in [0.3, 0.4) is 0 Å². The van der Waals surface area contributed by atoms with Gasteiger partial charge in [-0.1, -0.05) is 6.07 Å². The maximum atomic E-state index is 13.3. The number of halogens is 1. The van der Waals surface area contributed by atoms with Crippen molar-refractivity contribution < 1.29 is 23.8 Å². The highest BCUT2D eigenvalue weighted by Crippen LogP contribution is 2.11. The van der Waals surface area contributed by atoms with Crippen LogP contribution in [0.4, 0.5) is 4.39 Å². The van der Waals surface area contributed by atoms with Gasteiger partial charge in [-0.3, -0.25) is 0 Å². The third-order valence-electron chi connectivity index (χ3n) is 2.11. The number of rotatable bonds is 7. The summed E-state index contributed by atoms with van der Waals surface area (Å²) < 4.78 is 23.6. The molecule has 0 aliphatic rings. The lowest BCUT2D eigenvalue weighted by Crippen LogP contribution is -2.05. The van der Waals surface area contributed by atoms with Crippen LogP contribution in [0.1, 0.15) is 22.8 Å². The van der Waals surface area contributed by atoms with Gasteiger partial charge in [-0.15, -0.1) is 0 Å². The number of ether oxygens (including phenoxy) is 2. The highest BCUT2D eigenvalue weighted by Gasteiger charge is 2.10. The zero-order chi connectivity index (χ0) is 12.7. The zero-order valence-corrected chi connectivity index (χ0v) is 9.61. The number of carboxylic acids is 1. The molecule has 0 unspecified atom stereocenters. The normalized spacial score (nSPS) is 10.5. The van der Waals surface area contributed by atoms with E-state index in [0.29, 0.717) is 25.4 Å². The van der Waals surface area contributed by atoms with Gasteiger partial charge < -0.3 is 14.6 Å². The molecule has 4 nitrogen and oxygen atoms in total. The minimum absolute atomic E-state index is 0.240. The van der Waals surface area contributed by atoms with E-state index < -0.39 is 11.8 Å². The van der Waals surface area contributed by atoms with Crippen molar-refractivity contribution in [2.24, 2.45) is 0 Å².